The Balaban J connectivity index is 5.49. The SMILES string of the molecule is NC(C(=O)O)C(S(=O)(=O)O)S(=O)(=O)O. The zero-order chi connectivity index (χ0) is 11.7. The molecule has 0 aliphatic carbocycles. The smallest absolute Gasteiger partial charge is 0.323 e. The van der Waals surface area contributed by atoms with Gasteiger partial charge in [-0.2, -0.15) is 16.8 Å². The second kappa shape index (κ2) is 3.78. The Kier molecular flexibility index (Phi) is 3.58. The first kappa shape index (κ1) is 13.2. The number of carbonyl (C=O) groups is 1. The summed E-state index contributed by atoms with van der Waals surface area (Å²) in [7, 11) is -10.6. The van der Waals surface area contributed by atoms with E-state index >= 15 is 0 Å². The average molecular weight is 249 g/mol. The number of rotatable bonds is 4. The normalized spacial score (nSPS) is 15.4. The molecule has 0 radical (unpaired) electrons. The van der Waals surface area contributed by atoms with Crippen molar-refractivity contribution in [3.8, 4) is 0 Å². The second-order valence-electron chi connectivity index (χ2n) is 2.26. The molecule has 9 nitrogen and oxygen atoms in total. The minimum atomic E-state index is -5.31. The van der Waals surface area contributed by atoms with Crippen molar-refractivity contribution in [3.05, 3.63) is 0 Å². The second-order valence-corrected chi connectivity index (χ2v) is 5.64. The molecule has 0 heterocycles. The van der Waals surface area contributed by atoms with Crippen LogP contribution in [0.2, 0.25) is 0 Å². The molecule has 0 rings (SSSR count). The number of hydrogen-bond donors (Lipinski definition) is 4. The zero-order valence-electron chi connectivity index (χ0n) is 6.43. The summed E-state index contributed by atoms with van der Waals surface area (Å²) in [6.07, 6.45) is 0. The van der Waals surface area contributed by atoms with E-state index in [1.165, 1.54) is 0 Å². The van der Waals surface area contributed by atoms with Crippen LogP contribution in [0.15, 0.2) is 0 Å². The fourth-order valence-electron chi connectivity index (χ4n) is 0.641. The number of carboxylic acids is 1. The molecule has 1 unspecified atom stereocenters. The molecule has 5 N–H and O–H groups in total. The van der Waals surface area contributed by atoms with Gasteiger partial charge in [0, 0.05) is 0 Å². The predicted molar refractivity (Wildman–Crippen MR) is 42.5 cm³/mol. The van der Waals surface area contributed by atoms with Crippen LogP contribution in [0, 0.1) is 0 Å². The van der Waals surface area contributed by atoms with Crippen LogP contribution in [0.25, 0.3) is 0 Å². The van der Waals surface area contributed by atoms with E-state index in [-0.39, 0.29) is 0 Å². The fourth-order valence-corrected chi connectivity index (χ4v) is 2.84. The molecular weight excluding hydrogens is 242 g/mol. The van der Waals surface area contributed by atoms with Gasteiger partial charge in [0.1, 0.15) is 6.04 Å². The third-order valence-electron chi connectivity index (χ3n) is 1.17. The van der Waals surface area contributed by atoms with Gasteiger partial charge in [-0.05, 0) is 0 Å². The predicted octanol–water partition coefficient (Wildman–Crippen LogP) is -2.50. The van der Waals surface area contributed by atoms with Crippen molar-refractivity contribution in [3.63, 3.8) is 0 Å². The fraction of sp³-hybridized carbons (Fsp3) is 0.667. The van der Waals surface area contributed by atoms with Gasteiger partial charge < -0.3 is 10.8 Å². The Hall–Kier alpha value is -0.750. The highest BCUT2D eigenvalue weighted by Crippen LogP contribution is 2.10. The van der Waals surface area contributed by atoms with Gasteiger partial charge in [-0.3, -0.25) is 13.9 Å². The summed E-state index contributed by atoms with van der Waals surface area (Å²) in [4.78, 5) is 10.2. The van der Waals surface area contributed by atoms with Crippen LogP contribution in [0.1, 0.15) is 0 Å². The van der Waals surface area contributed by atoms with Crippen molar-refractivity contribution in [2.75, 3.05) is 0 Å². The number of hydrogen-bond acceptors (Lipinski definition) is 6. The third-order valence-corrected chi connectivity index (χ3v) is 4.39. The Morgan fingerprint density at radius 2 is 1.36 bits per heavy atom. The van der Waals surface area contributed by atoms with Gasteiger partial charge in [0.05, 0.1) is 0 Å². The topological polar surface area (TPSA) is 172 Å². The minimum Gasteiger partial charge on any atom is -0.480 e. The molecule has 14 heavy (non-hydrogen) atoms. The Bertz CT molecular complexity index is 388. The van der Waals surface area contributed by atoms with Crippen molar-refractivity contribution in [1.82, 2.24) is 0 Å². The Labute approximate surface area is 79.0 Å². The highest BCUT2D eigenvalue weighted by molar-refractivity contribution is 8.04. The van der Waals surface area contributed by atoms with E-state index in [0.717, 1.165) is 0 Å². The molecule has 0 aliphatic rings. The maximum atomic E-state index is 10.4. The van der Waals surface area contributed by atoms with E-state index in [0.29, 0.717) is 0 Å². The Morgan fingerprint density at radius 1 is 1.07 bits per heavy atom. The first-order chi connectivity index (χ1) is 5.98. The Morgan fingerprint density at radius 3 is 1.43 bits per heavy atom. The molecule has 0 saturated carbocycles. The van der Waals surface area contributed by atoms with E-state index in [1.807, 2.05) is 0 Å². The maximum Gasteiger partial charge on any atom is 0.323 e. The van der Waals surface area contributed by atoms with Crippen molar-refractivity contribution in [2.24, 2.45) is 5.73 Å². The summed E-state index contributed by atoms with van der Waals surface area (Å²) in [6.45, 7) is 0. The van der Waals surface area contributed by atoms with Crippen LogP contribution >= 0.6 is 0 Å². The average Bonchev–Trinajstić information content (AvgIpc) is 1.79. The summed E-state index contributed by atoms with van der Waals surface area (Å²) in [5.74, 6) is -2.00. The van der Waals surface area contributed by atoms with Crippen molar-refractivity contribution in [2.45, 2.75) is 10.6 Å². The zero-order valence-corrected chi connectivity index (χ0v) is 8.06. The molecule has 0 aromatic carbocycles. The van der Waals surface area contributed by atoms with Gasteiger partial charge in [-0.25, -0.2) is 0 Å². The van der Waals surface area contributed by atoms with E-state index in [4.69, 9.17) is 14.2 Å². The quantitative estimate of drug-likeness (QED) is 0.393. The van der Waals surface area contributed by atoms with E-state index in [9.17, 15) is 21.6 Å². The van der Waals surface area contributed by atoms with Gasteiger partial charge in [-0.15, -0.1) is 0 Å². The number of aliphatic carboxylic acids is 1. The van der Waals surface area contributed by atoms with Crippen LogP contribution in [0.3, 0.4) is 0 Å². The summed E-state index contributed by atoms with van der Waals surface area (Å²) in [6, 6.07) is -2.47. The van der Waals surface area contributed by atoms with Crippen molar-refractivity contribution in [1.29, 1.82) is 0 Å². The van der Waals surface area contributed by atoms with Gasteiger partial charge in [-0.1, -0.05) is 0 Å². The van der Waals surface area contributed by atoms with Crippen LogP contribution in [-0.2, 0) is 25.0 Å². The van der Waals surface area contributed by atoms with Gasteiger partial charge in [0.15, 0.2) is 0 Å². The van der Waals surface area contributed by atoms with Gasteiger partial charge in [0.2, 0.25) is 4.58 Å². The summed E-state index contributed by atoms with van der Waals surface area (Å²) >= 11 is 0. The van der Waals surface area contributed by atoms with Crippen molar-refractivity contribution < 1.29 is 35.8 Å². The summed E-state index contributed by atoms with van der Waals surface area (Å²) < 4.78 is 55.2. The highest BCUT2D eigenvalue weighted by Gasteiger charge is 2.44. The van der Waals surface area contributed by atoms with Crippen molar-refractivity contribution >= 4 is 26.2 Å². The third kappa shape index (κ3) is 3.19. The van der Waals surface area contributed by atoms with Crippen LogP contribution in [0.4, 0.5) is 0 Å². The van der Waals surface area contributed by atoms with Crippen LogP contribution < -0.4 is 5.73 Å². The highest BCUT2D eigenvalue weighted by atomic mass is 32.3. The largest absolute Gasteiger partial charge is 0.480 e. The minimum absolute atomic E-state index is 2.00. The molecule has 0 aliphatic heterocycles. The summed E-state index contributed by atoms with van der Waals surface area (Å²) in [5.41, 5.74) is 4.66. The lowest BCUT2D eigenvalue weighted by atomic mass is 10.4. The summed E-state index contributed by atoms with van der Waals surface area (Å²) in [5, 5.41) is 8.20. The maximum absolute atomic E-state index is 10.4. The first-order valence-corrected chi connectivity index (χ1v) is 5.89. The van der Waals surface area contributed by atoms with Gasteiger partial charge in [0.25, 0.3) is 20.2 Å². The van der Waals surface area contributed by atoms with E-state index in [1.54, 1.807) is 0 Å². The molecule has 0 amide bonds. The lowest BCUT2D eigenvalue weighted by Gasteiger charge is -2.13. The van der Waals surface area contributed by atoms with E-state index < -0.39 is 36.8 Å². The molecule has 0 bridgehead atoms. The molecule has 1 atom stereocenters. The molecule has 0 saturated heterocycles. The molecular formula is C3H7NO8S2. The lowest BCUT2D eigenvalue weighted by Crippen LogP contribution is -2.50. The molecule has 84 valence electrons. The molecule has 0 aromatic heterocycles. The van der Waals surface area contributed by atoms with E-state index in [2.05, 4.69) is 5.73 Å². The first-order valence-electron chi connectivity index (χ1n) is 2.89. The molecule has 11 heteroatoms. The number of carboxylic acid groups (broad SMARTS) is 1. The molecule has 0 aromatic rings. The lowest BCUT2D eigenvalue weighted by molar-refractivity contribution is -0.138. The molecule has 0 fully saturated rings. The van der Waals surface area contributed by atoms with Crippen LogP contribution in [0.5, 0.6) is 0 Å². The van der Waals surface area contributed by atoms with Crippen LogP contribution in [-0.4, -0.2) is 47.6 Å². The molecule has 0 spiro atoms. The van der Waals surface area contributed by atoms with Gasteiger partial charge >= 0.3 is 5.97 Å². The number of nitrogens with two attached hydrogens (primary N) is 1. The monoisotopic (exact) mass is 249 g/mol. The standard InChI is InChI=1S/C3H7NO8S2/c4-1(2(5)6)3(13(7,8)9)14(10,11)12/h1,3H,4H2,(H,5,6)(H,7,8,9)(H,10,11,12).